The van der Waals surface area contributed by atoms with E-state index in [0.29, 0.717) is 32.1 Å². The molecule has 1 amide bonds. The number of hydrogen-bond acceptors (Lipinski definition) is 4. The molecular formula is C15H13F3N2O3. The minimum Gasteiger partial charge on any atom is -0.381 e. The first-order valence-corrected chi connectivity index (χ1v) is 6.87. The number of carbonyl (C=O) groups excluding carboxylic acids is 2. The number of alkyl halides is 3. The van der Waals surface area contributed by atoms with Gasteiger partial charge >= 0.3 is 6.18 Å². The second kappa shape index (κ2) is 6.79. The number of halogens is 3. The third-order valence-corrected chi connectivity index (χ3v) is 3.52. The molecule has 2 rings (SSSR count). The number of hydrogen-bond donors (Lipinski definition) is 1. The van der Waals surface area contributed by atoms with Gasteiger partial charge in [0, 0.05) is 24.8 Å². The zero-order chi connectivity index (χ0) is 17.0. The maximum Gasteiger partial charge on any atom is 0.417 e. The largest absolute Gasteiger partial charge is 0.417 e. The summed E-state index contributed by atoms with van der Waals surface area (Å²) in [6, 6.07) is 4.20. The van der Waals surface area contributed by atoms with E-state index in [9.17, 15) is 22.8 Å². The quantitative estimate of drug-likeness (QED) is 0.866. The lowest BCUT2D eigenvalue weighted by atomic mass is 9.95. The predicted molar refractivity (Wildman–Crippen MR) is 73.3 cm³/mol. The molecule has 0 unspecified atom stereocenters. The van der Waals surface area contributed by atoms with E-state index < -0.39 is 34.9 Å². The molecule has 0 aliphatic carbocycles. The molecule has 0 bridgehead atoms. The predicted octanol–water partition coefficient (Wildman–Crippen LogP) is 2.51. The number of nitriles is 1. The lowest BCUT2D eigenvalue weighted by Crippen LogP contribution is -2.33. The Morgan fingerprint density at radius 2 is 1.91 bits per heavy atom. The highest BCUT2D eigenvalue weighted by Gasteiger charge is 2.34. The molecule has 0 spiro atoms. The van der Waals surface area contributed by atoms with Crippen LogP contribution in [0.4, 0.5) is 18.9 Å². The van der Waals surface area contributed by atoms with Crippen LogP contribution >= 0.6 is 0 Å². The van der Waals surface area contributed by atoms with Crippen LogP contribution in [0.5, 0.6) is 0 Å². The van der Waals surface area contributed by atoms with Crippen LogP contribution in [-0.4, -0.2) is 24.9 Å². The van der Waals surface area contributed by atoms with Crippen molar-refractivity contribution in [3.63, 3.8) is 0 Å². The molecule has 1 aromatic rings. The molecule has 1 fully saturated rings. The second-order valence-electron chi connectivity index (χ2n) is 5.07. The van der Waals surface area contributed by atoms with E-state index in [0.717, 1.165) is 12.1 Å². The average Bonchev–Trinajstić information content (AvgIpc) is 2.54. The summed E-state index contributed by atoms with van der Waals surface area (Å²) in [7, 11) is 0. The van der Waals surface area contributed by atoms with Crippen LogP contribution in [0.3, 0.4) is 0 Å². The summed E-state index contributed by atoms with van der Waals surface area (Å²) in [5.74, 6) is -2.12. The Morgan fingerprint density at radius 1 is 1.26 bits per heavy atom. The van der Waals surface area contributed by atoms with E-state index in [2.05, 4.69) is 5.32 Å². The molecule has 0 saturated carbocycles. The first kappa shape index (κ1) is 17.0. The molecule has 23 heavy (non-hydrogen) atoms. The third kappa shape index (κ3) is 4.07. The molecule has 1 aliphatic heterocycles. The summed E-state index contributed by atoms with van der Waals surface area (Å²) in [6.45, 7) is 0.748. The van der Waals surface area contributed by atoms with Gasteiger partial charge in [-0.1, -0.05) is 0 Å². The van der Waals surface area contributed by atoms with E-state index in [4.69, 9.17) is 10.00 Å². The van der Waals surface area contributed by atoms with Crippen molar-refractivity contribution in [3.8, 4) is 6.07 Å². The topological polar surface area (TPSA) is 79.2 Å². The summed E-state index contributed by atoms with van der Waals surface area (Å²) >= 11 is 0. The number of benzene rings is 1. The SMILES string of the molecule is N#Cc1ccc(NC(=O)C(=O)C2CCOCC2)cc1C(F)(F)F. The summed E-state index contributed by atoms with van der Waals surface area (Å²) in [6.07, 6.45) is -3.91. The zero-order valence-electron chi connectivity index (χ0n) is 11.9. The van der Waals surface area contributed by atoms with Crippen molar-refractivity contribution in [2.45, 2.75) is 19.0 Å². The van der Waals surface area contributed by atoms with Gasteiger partial charge in [-0.25, -0.2) is 0 Å². The van der Waals surface area contributed by atoms with E-state index in [1.165, 1.54) is 6.07 Å². The standard InChI is InChI=1S/C15H13F3N2O3/c16-15(17,18)12-7-11(2-1-10(12)8-19)20-14(22)13(21)9-3-5-23-6-4-9/h1-2,7,9H,3-6H2,(H,20,22). The van der Waals surface area contributed by atoms with Crippen LogP contribution in [0, 0.1) is 17.2 Å². The molecule has 5 nitrogen and oxygen atoms in total. The maximum absolute atomic E-state index is 12.9. The second-order valence-corrected chi connectivity index (χ2v) is 5.07. The fraction of sp³-hybridized carbons (Fsp3) is 0.400. The molecule has 0 atom stereocenters. The van der Waals surface area contributed by atoms with Gasteiger partial charge < -0.3 is 10.1 Å². The maximum atomic E-state index is 12.9. The first-order valence-electron chi connectivity index (χ1n) is 6.87. The third-order valence-electron chi connectivity index (χ3n) is 3.52. The Morgan fingerprint density at radius 3 is 2.48 bits per heavy atom. The Balaban J connectivity index is 2.15. The first-order chi connectivity index (χ1) is 10.8. The molecular weight excluding hydrogens is 313 g/mol. The molecule has 122 valence electrons. The minimum atomic E-state index is -4.73. The van der Waals surface area contributed by atoms with Crippen LogP contribution in [0.15, 0.2) is 18.2 Å². The number of anilines is 1. The summed E-state index contributed by atoms with van der Waals surface area (Å²) in [5.41, 5.74) is -1.88. The molecule has 1 N–H and O–H groups in total. The van der Waals surface area contributed by atoms with Crippen molar-refractivity contribution in [3.05, 3.63) is 29.3 Å². The number of carbonyl (C=O) groups is 2. The Hall–Kier alpha value is -2.40. The van der Waals surface area contributed by atoms with Gasteiger partial charge in [0.25, 0.3) is 5.91 Å². The highest BCUT2D eigenvalue weighted by Crippen LogP contribution is 2.33. The van der Waals surface area contributed by atoms with Gasteiger partial charge in [-0.3, -0.25) is 9.59 Å². The van der Waals surface area contributed by atoms with Crippen LogP contribution in [0.25, 0.3) is 0 Å². The zero-order valence-corrected chi connectivity index (χ0v) is 11.9. The molecule has 8 heteroatoms. The van der Waals surface area contributed by atoms with Crippen LogP contribution < -0.4 is 5.32 Å². The number of rotatable bonds is 3. The Bertz CT molecular complexity index is 659. The molecule has 1 aromatic carbocycles. The number of nitrogens with one attached hydrogen (secondary N) is 1. The van der Waals surface area contributed by atoms with Crippen molar-refractivity contribution in [1.29, 1.82) is 5.26 Å². The lowest BCUT2D eigenvalue weighted by molar-refractivity contribution is -0.139. The van der Waals surface area contributed by atoms with Crippen LogP contribution in [0.1, 0.15) is 24.0 Å². The van der Waals surface area contributed by atoms with Crippen LogP contribution in [0.2, 0.25) is 0 Å². The van der Waals surface area contributed by atoms with E-state index >= 15 is 0 Å². The van der Waals surface area contributed by atoms with E-state index in [1.54, 1.807) is 0 Å². The number of ketones is 1. The lowest BCUT2D eigenvalue weighted by Gasteiger charge is -2.20. The van der Waals surface area contributed by atoms with Gasteiger partial charge in [-0.05, 0) is 31.0 Å². The molecule has 1 heterocycles. The number of ether oxygens (including phenoxy) is 1. The van der Waals surface area contributed by atoms with Crippen molar-refractivity contribution in [2.24, 2.45) is 5.92 Å². The molecule has 1 aliphatic rings. The van der Waals surface area contributed by atoms with E-state index in [1.807, 2.05) is 0 Å². The molecule has 0 aromatic heterocycles. The Labute approximate surface area is 130 Å². The summed E-state index contributed by atoms with van der Waals surface area (Å²) < 4.78 is 43.7. The average molecular weight is 326 g/mol. The summed E-state index contributed by atoms with van der Waals surface area (Å²) in [5, 5.41) is 10.9. The molecule has 1 saturated heterocycles. The van der Waals surface area contributed by atoms with Crippen molar-refractivity contribution in [2.75, 3.05) is 18.5 Å². The smallest absolute Gasteiger partial charge is 0.381 e. The van der Waals surface area contributed by atoms with E-state index in [-0.39, 0.29) is 5.69 Å². The van der Waals surface area contributed by atoms with Crippen molar-refractivity contribution in [1.82, 2.24) is 0 Å². The van der Waals surface area contributed by atoms with Gasteiger partial charge in [0.1, 0.15) is 0 Å². The number of Topliss-reactive ketones (excluding diaryl/α,β-unsaturated/α-hetero) is 1. The highest BCUT2D eigenvalue weighted by molar-refractivity contribution is 6.41. The Kier molecular flexibility index (Phi) is 5.01. The number of amides is 1. The normalized spacial score (nSPS) is 15.7. The van der Waals surface area contributed by atoms with Gasteiger partial charge in [0.2, 0.25) is 5.78 Å². The van der Waals surface area contributed by atoms with Gasteiger partial charge in [-0.2, -0.15) is 18.4 Å². The van der Waals surface area contributed by atoms with Crippen molar-refractivity contribution < 1.29 is 27.5 Å². The van der Waals surface area contributed by atoms with Gasteiger partial charge in [-0.15, -0.1) is 0 Å². The summed E-state index contributed by atoms with van der Waals surface area (Å²) in [4.78, 5) is 23.8. The van der Waals surface area contributed by atoms with Crippen LogP contribution in [-0.2, 0) is 20.5 Å². The van der Waals surface area contributed by atoms with Crippen molar-refractivity contribution >= 4 is 17.4 Å². The fourth-order valence-corrected chi connectivity index (χ4v) is 2.29. The molecule has 0 radical (unpaired) electrons. The highest BCUT2D eigenvalue weighted by atomic mass is 19.4. The van der Waals surface area contributed by atoms with Gasteiger partial charge in [0.15, 0.2) is 0 Å². The number of nitrogens with zero attached hydrogens (tertiary/aromatic N) is 1. The fourth-order valence-electron chi connectivity index (χ4n) is 2.29. The van der Waals surface area contributed by atoms with Gasteiger partial charge in [0.05, 0.1) is 17.2 Å². The monoisotopic (exact) mass is 326 g/mol. The minimum absolute atomic E-state index is 0.179.